The molecule has 1 atom stereocenters. The van der Waals surface area contributed by atoms with E-state index < -0.39 is 6.04 Å². The second-order valence-corrected chi connectivity index (χ2v) is 5.07. The van der Waals surface area contributed by atoms with E-state index in [1.54, 1.807) is 6.92 Å². The van der Waals surface area contributed by atoms with Crippen LogP contribution in [0.5, 0.6) is 0 Å². The Morgan fingerprint density at radius 1 is 1.60 bits per heavy atom. The van der Waals surface area contributed by atoms with Crippen molar-refractivity contribution in [1.82, 2.24) is 15.1 Å². The van der Waals surface area contributed by atoms with E-state index in [1.807, 2.05) is 6.92 Å². The third-order valence-corrected chi connectivity index (χ3v) is 3.38. The summed E-state index contributed by atoms with van der Waals surface area (Å²) in [6, 6.07) is -0.479. The maximum atomic E-state index is 11.9. The van der Waals surface area contributed by atoms with Gasteiger partial charge in [0.2, 0.25) is 5.91 Å². The molecule has 1 rings (SSSR count). The fourth-order valence-corrected chi connectivity index (χ4v) is 1.94. The van der Waals surface area contributed by atoms with Crippen molar-refractivity contribution in [2.45, 2.75) is 32.9 Å². The Bertz CT molecular complexity index is 518. The van der Waals surface area contributed by atoms with Crippen molar-refractivity contribution in [2.24, 2.45) is 0 Å². The molecule has 0 saturated carbocycles. The summed E-state index contributed by atoms with van der Waals surface area (Å²) in [7, 11) is 0. The third-order valence-electron chi connectivity index (χ3n) is 2.61. The van der Waals surface area contributed by atoms with Crippen LogP contribution in [-0.4, -0.2) is 40.0 Å². The number of hydrogen-bond donors (Lipinski definition) is 3. The number of nitrogens with zero attached hydrogens (tertiary/aromatic N) is 2. The Balaban J connectivity index is 2.80. The first kappa shape index (κ1) is 16.6. The highest BCUT2D eigenvalue weighted by Crippen LogP contribution is 2.17. The van der Waals surface area contributed by atoms with Gasteiger partial charge in [0, 0.05) is 6.54 Å². The highest BCUT2D eigenvalue weighted by Gasteiger charge is 2.15. The molecule has 7 nitrogen and oxygen atoms in total. The molecule has 1 unspecified atom stereocenters. The van der Waals surface area contributed by atoms with Crippen molar-refractivity contribution in [3.63, 3.8) is 0 Å². The molecule has 1 aromatic rings. The smallest absolute Gasteiger partial charge is 0.283 e. The van der Waals surface area contributed by atoms with Crippen molar-refractivity contribution in [2.75, 3.05) is 18.5 Å². The summed E-state index contributed by atoms with van der Waals surface area (Å²) < 4.78 is 1.44. The number of aromatic nitrogens is 2. The van der Waals surface area contributed by atoms with Crippen molar-refractivity contribution >= 4 is 27.5 Å². The minimum absolute atomic E-state index is 0.129. The SMILES string of the molecule is CCCNC(=O)C(C)Nc1cnn(CCO)c(=O)c1Br. The fourth-order valence-electron chi connectivity index (χ4n) is 1.52. The average molecular weight is 347 g/mol. The van der Waals surface area contributed by atoms with Gasteiger partial charge in [-0.1, -0.05) is 6.92 Å². The quantitative estimate of drug-likeness (QED) is 0.660. The van der Waals surface area contributed by atoms with Gasteiger partial charge in [-0.3, -0.25) is 9.59 Å². The van der Waals surface area contributed by atoms with Gasteiger partial charge < -0.3 is 15.7 Å². The number of aliphatic hydroxyl groups is 1. The molecule has 0 bridgehead atoms. The zero-order valence-electron chi connectivity index (χ0n) is 11.5. The predicted octanol–water partition coefficient (Wildman–Crippen LogP) is 0.325. The number of carbonyl (C=O) groups excluding carboxylic acids is 1. The summed E-state index contributed by atoms with van der Waals surface area (Å²) >= 11 is 3.18. The molecule has 0 radical (unpaired) electrons. The van der Waals surface area contributed by atoms with E-state index in [-0.39, 0.29) is 29.1 Å². The molecule has 3 N–H and O–H groups in total. The summed E-state index contributed by atoms with van der Waals surface area (Å²) in [5, 5.41) is 18.4. The first-order chi connectivity index (χ1) is 9.51. The summed E-state index contributed by atoms with van der Waals surface area (Å²) in [6.07, 6.45) is 2.31. The standard InChI is InChI=1S/C12H19BrN4O3/c1-3-4-14-11(19)8(2)16-9-7-15-17(5-6-18)12(20)10(9)13/h7-8,16,18H,3-6H2,1-2H3,(H,14,19). The van der Waals surface area contributed by atoms with Crippen LogP contribution in [0.3, 0.4) is 0 Å². The Kier molecular flexibility index (Phi) is 6.66. The number of rotatable bonds is 7. The van der Waals surface area contributed by atoms with E-state index in [1.165, 1.54) is 6.20 Å². The van der Waals surface area contributed by atoms with Crippen molar-refractivity contribution < 1.29 is 9.90 Å². The molecule has 1 aromatic heterocycles. The summed E-state index contributed by atoms with van der Waals surface area (Å²) in [6.45, 7) is 4.25. The molecule has 0 aromatic carbocycles. The Hall–Kier alpha value is -1.41. The number of nitrogens with one attached hydrogen (secondary N) is 2. The zero-order chi connectivity index (χ0) is 15.1. The normalized spacial score (nSPS) is 12.0. The molecular weight excluding hydrogens is 328 g/mol. The molecule has 0 spiro atoms. The van der Waals surface area contributed by atoms with E-state index in [0.29, 0.717) is 12.2 Å². The lowest BCUT2D eigenvalue weighted by Crippen LogP contribution is -2.38. The lowest BCUT2D eigenvalue weighted by molar-refractivity contribution is -0.121. The molecule has 0 fully saturated rings. The first-order valence-corrected chi connectivity index (χ1v) is 7.21. The van der Waals surface area contributed by atoms with Crippen LogP contribution in [0.4, 0.5) is 5.69 Å². The molecule has 20 heavy (non-hydrogen) atoms. The van der Waals surface area contributed by atoms with Crippen LogP contribution in [0.1, 0.15) is 20.3 Å². The zero-order valence-corrected chi connectivity index (χ0v) is 13.1. The van der Waals surface area contributed by atoms with Gasteiger partial charge in [0.15, 0.2) is 0 Å². The van der Waals surface area contributed by atoms with Crippen LogP contribution in [0.25, 0.3) is 0 Å². The predicted molar refractivity (Wildman–Crippen MR) is 79.7 cm³/mol. The van der Waals surface area contributed by atoms with Crippen LogP contribution in [0.2, 0.25) is 0 Å². The van der Waals surface area contributed by atoms with E-state index in [0.717, 1.165) is 11.1 Å². The maximum absolute atomic E-state index is 11.9. The van der Waals surface area contributed by atoms with E-state index >= 15 is 0 Å². The number of anilines is 1. The number of hydrogen-bond acceptors (Lipinski definition) is 5. The van der Waals surface area contributed by atoms with Gasteiger partial charge in [0.25, 0.3) is 5.56 Å². The molecule has 1 amide bonds. The van der Waals surface area contributed by atoms with Gasteiger partial charge in [0.05, 0.1) is 25.0 Å². The van der Waals surface area contributed by atoms with Crippen LogP contribution in [-0.2, 0) is 11.3 Å². The van der Waals surface area contributed by atoms with Crippen LogP contribution in [0, 0.1) is 0 Å². The lowest BCUT2D eigenvalue weighted by Gasteiger charge is -2.16. The summed E-state index contributed by atoms with van der Waals surface area (Å²) in [5.41, 5.74) is 0.0913. The van der Waals surface area contributed by atoms with Crippen LogP contribution >= 0.6 is 15.9 Å². The van der Waals surface area contributed by atoms with Gasteiger partial charge in [-0.2, -0.15) is 5.10 Å². The Labute approximate surface area is 125 Å². The molecule has 0 aliphatic carbocycles. The minimum atomic E-state index is -0.479. The van der Waals surface area contributed by atoms with Crippen LogP contribution < -0.4 is 16.2 Å². The molecule has 0 saturated heterocycles. The minimum Gasteiger partial charge on any atom is -0.394 e. The lowest BCUT2D eigenvalue weighted by atomic mass is 10.3. The van der Waals surface area contributed by atoms with Gasteiger partial charge in [-0.05, 0) is 29.3 Å². The number of aliphatic hydroxyl groups excluding tert-OH is 1. The Morgan fingerprint density at radius 3 is 2.90 bits per heavy atom. The molecule has 8 heteroatoms. The van der Waals surface area contributed by atoms with E-state index in [9.17, 15) is 9.59 Å². The van der Waals surface area contributed by atoms with Gasteiger partial charge >= 0.3 is 0 Å². The molecule has 112 valence electrons. The summed E-state index contributed by atoms with van der Waals surface area (Å²) in [5.74, 6) is -0.140. The van der Waals surface area contributed by atoms with Gasteiger partial charge in [-0.25, -0.2) is 4.68 Å². The number of amides is 1. The molecular formula is C12H19BrN4O3. The van der Waals surface area contributed by atoms with Crippen molar-refractivity contribution in [3.05, 3.63) is 21.0 Å². The van der Waals surface area contributed by atoms with Gasteiger partial charge in [0.1, 0.15) is 10.5 Å². The number of halogens is 1. The Morgan fingerprint density at radius 2 is 2.30 bits per heavy atom. The topological polar surface area (TPSA) is 96.2 Å². The molecule has 0 aliphatic heterocycles. The van der Waals surface area contributed by atoms with Crippen molar-refractivity contribution in [3.8, 4) is 0 Å². The summed E-state index contributed by atoms with van der Waals surface area (Å²) in [4.78, 5) is 23.7. The average Bonchev–Trinajstić information content (AvgIpc) is 2.44. The maximum Gasteiger partial charge on any atom is 0.283 e. The highest BCUT2D eigenvalue weighted by atomic mass is 79.9. The van der Waals surface area contributed by atoms with Gasteiger partial charge in [-0.15, -0.1) is 0 Å². The van der Waals surface area contributed by atoms with E-state index in [4.69, 9.17) is 5.11 Å². The monoisotopic (exact) mass is 346 g/mol. The number of carbonyl (C=O) groups is 1. The molecule has 0 aliphatic rings. The highest BCUT2D eigenvalue weighted by molar-refractivity contribution is 9.10. The third kappa shape index (κ3) is 4.31. The van der Waals surface area contributed by atoms with E-state index in [2.05, 4.69) is 31.7 Å². The fraction of sp³-hybridized carbons (Fsp3) is 0.583. The second kappa shape index (κ2) is 8.01. The van der Waals surface area contributed by atoms with Crippen LogP contribution in [0.15, 0.2) is 15.5 Å². The second-order valence-electron chi connectivity index (χ2n) is 4.28. The largest absolute Gasteiger partial charge is 0.394 e. The molecule has 1 heterocycles. The van der Waals surface area contributed by atoms with Crippen molar-refractivity contribution in [1.29, 1.82) is 0 Å². The first-order valence-electron chi connectivity index (χ1n) is 6.42.